The number of hydrogen-bond acceptors (Lipinski definition) is 4. The Hall–Kier alpha value is -4.06. The lowest BCUT2D eigenvalue weighted by molar-refractivity contribution is 0.151. The van der Waals surface area contributed by atoms with Crippen molar-refractivity contribution in [2.75, 3.05) is 20.3 Å². The average molecular weight is 620 g/mol. The SMILES string of the molecule is COc1ccc2c3c(c4c(c2c1)OC(c1ccccc1)(c1ccccc1OCCO)C=C4)C(C)(C)c1cc(Br)ccc1-3. The zero-order valence-corrected chi connectivity index (χ0v) is 25.4. The molecule has 1 N–H and O–H groups in total. The van der Waals surface area contributed by atoms with Crippen molar-refractivity contribution in [1.29, 1.82) is 0 Å². The summed E-state index contributed by atoms with van der Waals surface area (Å²) >= 11 is 3.71. The van der Waals surface area contributed by atoms with E-state index in [-0.39, 0.29) is 18.6 Å². The van der Waals surface area contributed by atoms with Gasteiger partial charge in [0.1, 0.15) is 23.9 Å². The van der Waals surface area contributed by atoms with E-state index in [1.54, 1.807) is 7.11 Å². The van der Waals surface area contributed by atoms with Gasteiger partial charge in [-0.2, -0.15) is 0 Å². The van der Waals surface area contributed by atoms with E-state index >= 15 is 0 Å². The van der Waals surface area contributed by atoms with Crippen molar-refractivity contribution in [1.82, 2.24) is 0 Å². The smallest absolute Gasteiger partial charge is 0.181 e. The molecule has 5 aromatic carbocycles. The van der Waals surface area contributed by atoms with Gasteiger partial charge in [0.05, 0.1) is 13.7 Å². The van der Waals surface area contributed by atoms with Crippen LogP contribution in [0.1, 0.15) is 41.7 Å². The summed E-state index contributed by atoms with van der Waals surface area (Å²) < 4.78 is 20.2. The van der Waals surface area contributed by atoms with Crippen molar-refractivity contribution in [2.45, 2.75) is 24.9 Å². The Kier molecular flexibility index (Phi) is 6.41. The monoisotopic (exact) mass is 618 g/mol. The molecule has 2 aliphatic rings. The second kappa shape index (κ2) is 10.0. The maximum atomic E-state index is 9.55. The third-order valence-electron chi connectivity index (χ3n) is 8.64. The van der Waals surface area contributed by atoms with Gasteiger partial charge < -0.3 is 19.3 Å². The molecular weight excluding hydrogens is 588 g/mol. The fourth-order valence-corrected chi connectivity index (χ4v) is 7.12. The van der Waals surface area contributed by atoms with Crippen molar-refractivity contribution >= 4 is 32.8 Å². The Morgan fingerprint density at radius 2 is 1.64 bits per heavy atom. The van der Waals surface area contributed by atoms with Crippen molar-refractivity contribution in [3.8, 4) is 28.4 Å². The van der Waals surface area contributed by atoms with Crippen LogP contribution in [0, 0.1) is 0 Å². The summed E-state index contributed by atoms with van der Waals surface area (Å²) in [5.41, 5.74) is 6.73. The molecular formula is C37H31BrO4. The maximum absolute atomic E-state index is 9.55. The number of para-hydroxylation sites is 1. The first-order chi connectivity index (χ1) is 20.4. The van der Waals surface area contributed by atoms with E-state index in [0.717, 1.165) is 43.4 Å². The van der Waals surface area contributed by atoms with Crippen LogP contribution in [0.3, 0.4) is 0 Å². The van der Waals surface area contributed by atoms with Crippen LogP contribution in [0.15, 0.2) is 102 Å². The molecule has 0 fully saturated rings. The first-order valence-electron chi connectivity index (χ1n) is 14.1. The standard InChI is InChI=1S/C37H31BrO4/c1-36(2)31-21-24(38)13-15-27(31)33-26-16-14-25(40-3)22-29(26)35-28(34(33)36)17-18-37(42-35,23-9-5-4-6-10-23)30-11-7-8-12-32(30)41-20-19-39/h4-18,21-22,39H,19-20H2,1-3H3. The molecule has 0 spiro atoms. The number of halogens is 1. The van der Waals surface area contributed by atoms with Gasteiger partial charge in [0.25, 0.3) is 0 Å². The number of fused-ring (bicyclic) bond motifs is 8. The molecule has 1 atom stereocenters. The van der Waals surface area contributed by atoms with Crippen molar-refractivity contribution < 1.29 is 19.3 Å². The molecule has 210 valence electrons. The van der Waals surface area contributed by atoms with Gasteiger partial charge in [-0.3, -0.25) is 0 Å². The number of rotatable bonds is 6. The zero-order chi connectivity index (χ0) is 29.1. The summed E-state index contributed by atoms with van der Waals surface area (Å²) in [4.78, 5) is 0. The number of hydrogen-bond donors (Lipinski definition) is 1. The summed E-state index contributed by atoms with van der Waals surface area (Å²) in [5, 5.41) is 11.7. The summed E-state index contributed by atoms with van der Waals surface area (Å²) in [6, 6.07) is 31.0. The van der Waals surface area contributed by atoms with Crippen LogP contribution >= 0.6 is 15.9 Å². The van der Waals surface area contributed by atoms with Crippen LogP contribution in [0.4, 0.5) is 0 Å². The van der Waals surface area contributed by atoms with Crippen LogP contribution < -0.4 is 14.2 Å². The number of aliphatic hydroxyl groups is 1. The van der Waals surface area contributed by atoms with Crippen LogP contribution in [0.5, 0.6) is 17.2 Å². The molecule has 1 unspecified atom stereocenters. The molecule has 4 nitrogen and oxygen atoms in total. The molecule has 0 amide bonds. The summed E-state index contributed by atoms with van der Waals surface area (Å²) in [7, 11) is 1.70. The Bertz CT molecular complexity index is 1880. The minimum absolute atomic E-state index is 0.0749. The van der Waals surface area contributed by atoms with Crippen LogP contribution in [0.2, 0.25) is 0 Å². The number of aliphatic hydroxyl groups excluding tert-OH is 1. The highest BCUT2D eigenvalue weighted by Gasteiger charge is 2.45. The van der Waals surface area contributed by atoms with Gasteiger partial charge in [0, 0.05) is 32.0 Å². The second-order valence-corrected chi connectivity index (χ2v) is 12.2. The minimum Gasteiger partial charge on any atom is -0.497 e. The molecule has 5 aromatic rings. The highest BCUT2D eigenvalue weighted by molar-refractivity contribution is 9.10. The largest absolute Gasteiger partial charge is 0.497 e. The molecule has 5 heteroatoms. The Balaban J connectivity index is 1.56. The van der Waals surface area contributed by atoms with Crippen LogP contribution in [-0.2, 0) is 11.0 Å². The van der Waals surface area contributed by atoms with E-state index in [1.807, 2.05) is 48.5 Å². The van der Waals surface area contributed by atoms with Gasteiger partial charge in [-0.05, 0) is 70.1 Å². The normalized spacial score (nSPS) is 17.7. The van der Waals surface area contributed by atoms with Gasteiger partial charge >= 0.3 is 0 Å². The first kappa shape index (κ1) is 26.8. The lowest BCUT2D eigenvalue weighted by atomic mass is 9.76. The summed E-state index contributed by atoms with van der Waals surface area (Å²) in [6.45, 7) is 4.71. The zero-order valence-electron chi connectivity index (χ0n) is 23.8. The Morgan fingerprint density at radius 3 is 2.43 bits per heavy atom. The molecule has 1 aliphatic carbocycles. The number of methoxy groups -OCH3 is 1. The van der Waals surface area contributed by atoms with Gasteiger partial charge in [-0.25, -0.2) is 0 Å². The van der Waals surface area contributed by atoms with Gasteiger partial charge in [0.2, 0.25) is 0 Å². The molecule has 0 aromatic heterocycles. The maximum Gasteiger partial charge on any atom is 0.181 e. The van der Waals surface area contributed by atoms with Gasteiger partial charge in [-0.15, -0.1) is 0 Å². The molecule has 0 bridgehead atoms. The Labute approximate surface area is 254 Å². The first-order valence-corrected chi connectivity index (χ1v) is 14.9. The lowest BCUT2D eigenvalue weighted by Crippen LogP contribution is -2.35. The van der Waals surface area contributed by atoms with Crippen LogP contribution in [0.25, 0.3) is 28.0 Å². The van der Waals surface area contributed by atoms with Crippen molar-refractivity contribution in [2.24, 2.45) is 0 Å². The Morgan fingerprint density at radius 1 is 0.857 bits per heavy atom. The fourth-order valence-electron chi connectivity index (χ4n) is 6.76. The predicted octanol–water partition coefficient (Wildman–Crippen LogP) is 8.64. The second-order valence-electron chi connectivity index (χ2n) is 11.3. The average Bonchev–Trinajstić information content (AvgIpc) is 3.26. The van der Waals surface area contributed by atoms with Gasteiger partial charge in [0.15, 0.2) is 5.60 Å². The van der Waals surface area contributed by atoms with Crippen LogP contribution in [-0.4, -0.2) is 25.4 Å². The topological polar surface area (TPSA) is 47.9 Å². The molecule has 42 heavy (non-hydrogen) atoms. The van der Waals surface area contributed by atoms with E-state index in [9.17, 15) is 5.11 Å². The molecule has 7 rings (SSSR count). The molecule has 1 aliphatic heterocycles. The molecule has 0 saturated carbocycles. The van der Waals surface area contributed by atoms with E-state index in [2.05, 4.69) is 84.4 Å². The molecule has 0 radical (unpaired) electrons. The van der Waals surface area contributed by atoms with Crippen molar-refractivity contribution in [3.05, 3.63) is 129 Å². The van der Waals surface area contributed by atoms with E-state index in [1.165, 1.54) is 22.3 Å². The van der Waals surface area contributed by atoms with E-state index < -0.39 is 5.60 Å². The third kappa shape index (κ3) is 3.91. The number of ether oxygens (including phenoxy) is 3. The highest BCUT2D eigenvalue weighted by atomic mass is 79.9. The third-order valence-corrected chi connectivity index (χ3v) is 9.13. The number of benzene rings is 5. The lowest BCUT2D eigenvalue weighted by Gasteiger charge is -2.39. The van der Waals surface area contributed by atoms with Gasteiger partial charge in [-0.1, -0.05) is 90.5 Å². The fraction of sp³-hybridized carbons (Fsp3) is 0.189. The summed E-state index contributed by atoms with van der Waals surface area (Å²) in [5.74, 6) is 2.25. The molecule has 0 saturated heterocycles. The summed E-state index contributed by atoms with van der Waals surface area (Å²) in [6.07, 6.45) is 4.39. The van der Waals surface area contributed by atoms with E-state index in [4.69, 9.17) is 14.2 Å². The van der Waals surface area contributed by atoms with E-state index in [0.29, 0.717) is 5.75 Å². The minimum atomic E-state index is -0.969. The highest BCUT2D eigenvalue weighted by Crippen LogP contribution is 2.59. The molecule has 1 heterocycles. The predicted molar refractivity (Wildman–Crippen MR) is 172 cm³/mol. The quantitative estimate of drug-likeness (QED) is 0.207. The van der Waals surface area contributed by atoms with Crippen molar-refractivity contribution in [3.63, 3.8) is 0 Å².